The molecule has 3 unspecified atom stereocenters. The maximum absolute atomic E-state index is 12.1. The van der Waals surface area contributed by atoms with Gasteiger partial charge in [-0.1, -0.05) is 0 Å². The van der Waals surface area contributed by atoms with E-state index in [1.807, 2.05) is 0 Å². The van der Waals surface area contributed by atoms with Gasteiger partial charge in [0.1, 0.15) is 17.9 Å². The summed E-state index contributed by atoms with van der Waals surface area (Å²) in [6.07, 6.45) is 5.81. The van der Waals surface area contributed by atoms with Gasteiger partial charge in [-0.15, -0.1) is 0 Å². The van der Waals surface area contributed by atoms with Crippen molar-refractivity contribution in [3.8, 4) is 0 Å². The first-order chi connectivity index (χ1) is 9.70. The number of piperidine rings is 4. The third-order valence-electron chi connectivity index (χ3n) is 5.54. The summed E-state index contributed by atoms with van der Waals surface area (Å²) in [7, 11) is 0. The van der Waals surface area contributed by atoms with E-state index >= 15 is 0 Å². The van der Waals surface area contributed by atoms with Crippen LogP contribution in [0.5, 0.6) is 0 Å². The number of ketones is 1. The highest BCUT2D eigenvalue weighted by Gasteiger charge is 2.49. The fraction of sp³-hybridized carbons (Fsp3) is 0.867. The van der Waals surface area contributed by atoms with E-state index in [0.717, 1.165) is 45.1 Å². The summed E-state index contributed by atoms with van der Waals surface area (Å²) in [6.45, 7) is 1.55. The van der Waals surface area contributed by atoms with Gasteiger partial charge < -0.3 is 10.1 Å². The van der Waals surface area contributed by atoms with Crippen LogP contribution in [0.4, 0.5) is 0 Å². The zero-order valence-corrected chi connectivity index (χ0v) is 11.7. The number of esters is 1. The van der Waals surface area contributed by atoms with E-state index in [1.54, 1.807) is 0 Å². The van der Waals surface area contributed by atoms with Gasteiger partial charge in [-0.2, -0.15) is 0 Å². The number of carbonyl (C=O) groups is 2. The number of rotatable bonds is 2. The predicted molar refractivity (Wildman–Crippen MR) is 72.2 cm³/mol. The Morgan fingerprint density at radius 2 is 1.95 bits per heavy atom. The molecular weight excluding hydrogens is 256 g/mol. The number of ether oxygens (including phenoxy) is 1. The molecule has 20 heavy (non-hydrogen) atoms. The molecule has 5 aliphatic rings. The number of fused-ring (bicyclic) bond motifs is 1. The molecule has 0 aromatic carbocycles. The Kier molecular flexibility index (Phi) is 3.07. The van der Waals surface area contributed by atoms with Crippen LogP contribution in [0.25, 0.3) is 0 Å². The molecule has 0 radical (unpaired) electrons. The predicted octanol–water partition coefficient (Wildman–Crippen LogP) is 0.476. The SMILES string of the molecule is O=C1CN2C3CC(OC(=O)C4CCCN4)CC2CC1C3. The lowest BCUT2D eigenvalue weighted by Gasteiger charge is -2.54. The molecule has 0 amide bonds. The molecule has 5 nitrogen and oxygen atoms in total. The molecule has 5 heteroatoms. The maximum atomic E-state index is 12.1. The topological polar surface area (TPSA) is 58.6 Å². The van der Waals surface area contributed by atoms with Gasteiger partial charge in [-0.3, -0.25) is 14.5 Å². The summed E-state index contributed by atoms with van der Waals surface area (Å²) in [6, 6.07) is 0.828. The van der Waals surface area contributed by atoms with Gasteiger partial charge in [0, 0.05) is 30.8 Å². The minimum absolute atomic E-state index is 0.0605. The highest BCUT2D eigenvalue weighted by molar-refractivity contribution is 5.85. The van der Waals surface area contributed by atoms with Gasteiger partial charge in [0.2, 0.25) is 0 Å². The Balaban J connectivity index is 1.38. The monoisotopic (exact) mass is 278 g/mol. The van der Waals surface area contributed by atoms with Crippen molar-refractivity contribution in [1.29, 1.82) is 0 Å². The van der Waals surface area contributed by atoms with Gasteiger partial charge >= 0.3 is 5.97 Å². The van der Waals surface area contributed by atoms with Gasteiger partial charge in [0.25, 0.3) is 0 Å². The molecule has 0 aromatic rings. The van der Waals surface area contributed by atoms with Crippen LogP contribution >= 0.6 is 0 Å². The number of hydrogen-bond acceptors (Lipinski definition) is 5. The second-order valence-electron chi connectivity index (χ2n) is 6.79. The van der Waals surface area contributed by atoms with Gasteiger partial charge in [-0.25, -0.2) is 0 Å². The smallest absolute Gasteiger partial charge is 0.323 e. The number of nitrogens with one attached hydrogen (secondary N) is 1. The average molecular weight is 278 g/mol. The Labute approximate surface area is 119 Å². The van der Waals surface area contributed by atoms with Crippen molar-refractivity contribution in [1.82, 2.24) is 10.2 Å². The molecular formula is C15H22N2O3. The molecule has 3 atom stereocenters. The van der Waals surface area contributed by atoms with Crippen molar-refractivity contribution in [3.63, 3.8) is 0 Å². The fourth-order valence-electron chi connectivity index (χ4n) is 4.55. The van der Waals surface area contributed by atoms with Crippen molar-refractivity contribution in [2.75, 3.05) is 13.1 Å². The second kappa shape index (κ2) is 4.81. The van der Waals surface area contributed by atoms with Gasteiger partial charge in [-0.05, 0) is 32.2 Å². The zero-order chi connectivity index (χ0) is 13.7. The zero-order valence-electron chi connectivity index (χ0n) is 11.7. The fourth-order valence-corrected chi connectivity index (χ4v) is 4.55. The standard InChI is InChI=1S/C15H22N2O3/c18-14-8-17-10-4-9(14)5-11(17)7-12(6-10)20-15(19)13-2-1-3-16-13/h9-13,16H,1-8H2. The molecule has 0 aliphatic carbocycles. The number of hydrogen-bond donors (Lipinski definition) is 1. The number of carbonyl (C=O) groups excluding carboxylic acids is 2. The van der Waals surface area contributed by atoms with Crippen molar-refractivity contribution < 1.29 is 14.3 Å². The summed E-state index contributed by atoms with van der Waals surface area (Å²) in [5.41, 5.74) is 0. The maximum Gasteiger partial charge on any atom is 0.323 e. The van der Waals surface area contributed by atoms with Crippen molar-refractivity contribution >= 4 is 11.8 Å². The van der Waals surface area contributed by atoms with E-state index in [2.05, 4.69) is 10.2 Å². The van der Waals surface area contributed by atoms with E-state index in [-0.39, 0.29) is 24.0 Å². The van der Waals surface area contributed by atoms with Crippen LogP contribution in [0, 0.1) is 5.92 Å². The van der Waals surface area contributed by atoms with Crippen molar-refractivity contribution in [2.45, 2.75) is 62.8 Å². The minimum Gasteiger partial charge on any atom is -0.461 e. The average Bonchev–Trinajstić information content (AvgIpc) is 2.92. The highest BCUT2D eigenvalue weighted by Crippen LogP contribution is 2.42. The Morgan fingerprint density at radius 1 is 1.20 bits per heavy atom. The molecule has 4 bridgehead atoms. The van der Waals surface area contributed by atoms with Crippen molar-refractivity contribution in [3.05, 3.63) is 0 Å². The Morgan fingerprint density at radius 3 is 2.55 bits per heavy atom. The van der Waals surface area contributed by atoms with Crippen LogP contribution < -0.4 is 5.32 Å². The summed E-state index contributed by atoms with van der Waals surface area (Å²) in [4.78, 5) is 26.2. The largest absolute Gasteiger partial charge is 0.461 e. The quantitative estimate of drug-likeness (QED) is 0.744. The van der Waals surface area contributed by atoms with Gasteiger partial charge in [0.15, 0.2) is 0 Å². The van der Waals surface area contributed by atoms with E-state index < -0.39 is 0 Å². The van der Waals surface area contributed by atoms with Crippen LogP contribution in [-0.4, -0.2) is 54.0 Å². The second-order valence-corrected chi connectivity index (χ2v) is 6.79. The van der Waals surface area contributed by atoms with Crippen molar-refractivity contribution in [2.24, 2.45) is 5.92 Å². The lowest BCUT2D eigenvalue weighted by atomic mass is 9.72. The molecule has 0 aromatic heterocycles. The Bertz CT molecular complexity index is 417. The van der Waals surface area contributed by atoms with E-state index in [4.69, 9.17) is 4.74 Å². The first-order valence-corrected chi connectivity index (χ1v) is 7.93. The molecule has 5 fully saturated rings. The highest BCUT2D eigenvalue weighted by atomic mass is 16.5. The number of nitrogens with zero attached hydrogens (tertiary/aromatic N) is 1. The van der Waals surface area contributed by atoms with Crippen LogP contribution in [0.2, 0.25) is 0 Å². The molecule has 5 saturated heterocycles. The summed E-state index contributed by atoms with van der Waals surface area (Å²) in [5.74, 6) is 0.634. The first kappa shape index (κ1) is 12.8. The first-order valence-electron chi connectivity index (χ1n) is 7.93. The van der Waals surface area contributed by atoms with Gasteiger partial charge in [0.05, 0.1) is 6.54 Å². The molecule has 0 saturated carbocycles. The van der Waals surface area contributed by atoms with Crippen LogP contribution in [0.3, 0.4) is 0 Å². The molecule has 5 heterocycles. The molecule has 5 aliphatic heterocycles. The van der Waals surface area contributed by atoms with Crippen LogP contribution in [0.1, 0.15) is 38.5 Å². The third kappa shape index (κ3) is 2.07. The lowest BCUT2D eigenvalue weighted by Crippen LogP contribution is -2.63. The van der Waals surface area contributed by atoms with Crippen LogP contribution in [-0.2, 0) is 14.3 Å². The van der Waals surface area contributed by atoms with Crippen LogP contribution in [0.15, 0.2) is 0 Å². The molecule has 1 N–H and O–H groups in total. The Hall–Kier alpha value is -0.940. The molecule has 0 spiro atoms. The lowest BCUT2D eigenvalue weighted by molar-refractivity contribution is -0.164. The minimum atomic E-state index is -0.0879. The normalized spacial score (nSPS) is 46.5. The molecule has 5 rings (SSSR count). The third-order valence-corrected chi connectivity index (χ3v) is 5.54. The summed E-state index contributed by atoms with van der Waals surface area (Å²) < 4.78 is 5.73. The van der Waals surface area contributed by atoms with E-state index in [9.17, 15) is 9.59 Å². The number of Topliss-reactive ketones (excluding diaryl/α,β-unsaturated/α-hetero) is 1. The molecule has 110 valence electrons. The van der Waals surface area contributed by atoms with E-state index in [1.165, 1.54) is 0 Å². The van der Waals surface area contributed by atoms with E-state index in [0.29, 0.717) is 24.4 Å². The summed E-state index contributed by atoms with van der Waals surface area (Å²) in [5, 5.41) is 3.20. The summed E-state index contributed by atoms with van der Waals surface area (Å²) >= 11 is 0.